The number of nitrogens with one attached hydrogen (secondary N) is 1. The van der Waals surface area contributed by atoms with Gasteiger partial charge < -0.3 is 20.9 Å². The predicted molar refractivity (Wildman–Crippen MR) is 113 cm³/mol. The van der Waals surface area contributed by atoms with Crippen molar-refractivity contribution in [2.45, 2.75) is 25.6 Å². The van der Waals surface area contributed by atoms with Crippen LogP contribution in [0.4, 0.5) is 29.3 Å². The second-order valence-electron chi connectivity index (χ2n) is 7.34. The van der Waals surface area contributed by atoms with Crippen LogP contribution in [0.25, 0.3) is 0 Å². The summed E-state index contributed by atoms with van der Waals surface area (Å²) in [5.74, 6) is -0.769. The average molecular weight is 445 g/mol. The number of aryl methyl sites for hydroxylation is 1. The fourth-order valence-electron chi connectivity index (χ4n) is 3.71. The Hall–Kier alpha value is -3.74. The van der Waals surface area contributed by atoms with Crippen LogP contribution in [-0.4, -0.2) is 42.5 Å². The maximum atomic E-state index is 13.4. The van der Waals surface area contributed by atoms with Gasteiger partial charge in [0.15, 0.2) is 0 Å². The number of nitrogens with two attached hydrogens (primary N) is 1. The summed E-state index contributed by atoms with van der Waals surface area (Å²) in [6.07, 6.45) is -4.01. The summed E-state index contributed by atoms with van der Waals surface area (Å²) in [6.45, 7) is 2.14. The lowest BCUT2D eigenvalue weighted by Gasteiger charge is -2.41. The van der Waals surface area contributed by atoms with E-state index in [2.05, 4.69) is 5.32 Å². The molecule has 3 N–H and O–H groups in total. The van der Waals surface area contributed by atoms with Crippen molar-refractivity contribution in [3.05, 3.63) is 59.2 Å². The number of carbonyl (C=O) groups is 2. The molecule has 168 valence electrons. The molecule has 0 bridgehead atoms. The Bertz CT molecular complexity index is 1060. The molecule has 32 heavy (non-hydrogen) atoms. The van der Waals surface area contributed by atoms with Crippen molar-refractivity contribution in [2.24, 2.45) is 5.73 Å². The van der Waals surface area contributed by atoms with Crippen molar-refractivity contribution >= 4 is 23.3 Å². The van der Waals surface area contributed by atoms with Gasteiger partial charge in [-0.1, -0.05) is 25.1 Å². The fraction of sp³-hybridized carbons (Fsp3) is 0.318. The molecule has 1 heterocycles. The van der Waals surface area contributed by atoms with Gasteiger partial charge in [-0.3, -0.25) is 4.79 Å². The number of rotatable bonds is 4. The van der Waals surface area contributed by atoms with Crippen molar-refractivity contribution in [1.82, 2.24) is 4.90 Å². The standard InChI is InChI=1S/C22H22F3N5O2/c1-2-14-5-3-4-6-18(14)28-21(32)29-9-10-30(19(13-29)20(27)31)16-8-7-15(12-26)17(11-16)22(23,24)25/h3-8,11,19H,2,9-10,13H2,1H3,(H2,27,31)(H,28,32). The number of para-hydroxylation sites is 1. The van der Waals surface area contributed by atoms with E-state index in [1.165, 1.54) is 21.9 Å². The van der Waals surface area contributed by atoms with Crippen LogP contribution in [0.15, 0.2) is 42.5 Å². The molecule has 0 spiro atoms. The number of halogens is 3. The minimum absolute atomic E-state index is 0.0865. The highest BCUT2D eigenvalue weighted by Crippen LogP contribution is 2.35. The van der Waals surface area contributed by atoms with Crippen LogP contribution in [0, 0.1) is 11.3 Å². The molecule has 2 aromatic rings. The minimum Gasteiger partial charge on any atom is -0.368 e. The van der Waals surface area contributed by atoms with E-state index in [-0.39, 0.29) is 25.3 Å². The Morgan fingerprint density at radius 2 is 1.94 bits per heavy atom. The van der Waals surface area contributed by atoms with Gasteiger partial charge in [-0.15, -0.1) is 0 Å². The fourth-order valence-corrected chi connectivity index (χ4v) is 3.71. The maximum Gasteiger partial charge on any atom is 0.417 e. The second-order valence-corrected chi connectivity index (χ2v) is 7.34. The number of alkyl halides is 3. The number of hydrogen-bond donors (Lipinski definition) is 2. The summed E-state index contributed by atoms with van der Waals surface area (Å²) in [5, 5.41) is 11.8. The molecule has 1 atom stereocenters. The number of piperazine rings is 1. The van der Waals surface area contributed by atoms with Crippen LogP contribution in [0.1, 0.15) is 23.6 Å². The predicted octanol–water partition coefficient (Wildman–Crippen LogP) is 3.35. The Balaban J connectivity index is 1.82. The smallest absolute Gasteiger partial charge is 0.368 e. The number of benzene rings is 2. The molecular formula is C22H22F3N5O2. The number of anilines is 2. The Labute approximate surface area is 183 Å². The third-order valence-corrected chi connectivity index (χ3v) is 5.40. The lowest BCUT2D eigenvalue weighted by Crippen LogP contribution is -2.60. The highest BCUT2D eigenvalue weighted by Gasteiger charge is 2.37. The normalized spacial score (nSPS) is 16.4. The molecule has 0 aliphatic carbocycles. The molecule has 0 saturated carbocycles. The van der Waals surface area contributed by atoms with Gasteiger partial charge in [-0.2, -0.15) is 18.4 Å². The van der Waals surface area contributed by atoms with Crippen LogP contribution in [0.2, 0.25) is 0 Å². The molecule has 10 heteroatoms. The Morgan fingerprint density at radius 1 is 1.22 bits per heavy atom. The molecule has 0 aromatic heterocycles. The van der Waals surface area contributed by atoms with Gasteiger partial charge in [0.05, 0.1) is 23.7 Å². The first-order valence-electron chi connectivity index (χ1n) is 9.96. The zero-order chi connectivity index (χ0) is 23.5. The number of nitriles is 1. The van der Waals surface area contributed by atoms with Gasteiger partial charge in [0.25, 0.3) is 0 Å². The number of primary amides is 1. The molecule has 1 unspecified atom stereocenters. The lowest BCUT2D eigenvalue weighted by atomic mass is 10.0. The molecule has 1 aliphatic rings. The number of nitrogens with zero attached hydrogens (tertiary/aromatic N) is 3. The summed E-state index contributed by atoms with van der Waals surface area (Å²) in [6, 6.07) is 10.6. The van der Waals surface area contributed by atoms with Gasteiger partial charge in [0.1, 0.15) is 6.04 Å². The first-order valence-corrected chi connectivity index (χ1v) is 9.96. The van der Waals surface area contributed by atoms with Gasteiger partial charge in [0, 0.05) is 24.5 Å². The number of urea groups is 1. The molecule has 7 nitrogen and oxygen atoms in total. The summed E-state index contributed by atoms with van der Waals surface area (Å²) >= 11 is 0. The molecule has 3 amide bonds. The average Bonchev–Trinajstić information content (AvgIpc) is 2.78. The maximum absolute atomic E-state index is 13.4. The van der Waals surface area contributed by atoms with E-state index in [0.29, 0.717) is 12.1 Å². The molecule has 1 saturated heterocycles. The van der Waals surface area contributed by atoms with Crippen LogP contribution in [0.5, 0.6) is 0 Å². The second kappa shape index (κ2) is 9.18. The van der Waals surface area contributed by atoms with E-state index in [0.717, 1.165) is 17.7 Å². The zero-order valence-corrected chi connectivity index (χ0v) is 17.3. The van der Waals surface area contributed by atoms with E-state index >= 15 is 0 Å². The third-order valence-electron chi connectivity index (χ3n) is 5.40. The van der Waals surface area contributed by atoms with Crippen molar-refractivity contribution in [1.29, 1.82) is 5.26 Å². The third kappa shape index (κ3) is 4.77. The SMILES string of the molecule is CCc1ccccc1NC(=O)N1CCN(c2ccc(C#N)c(C(F)(F)F)c2)C(C(N)=O)C1. The molecule has 1 aliphatic heterocycles. The van der Waals surface area contributed by atoms with Gasteiger partial charge in [-0.05, 0) is 36.2 Å². The highest BCUT2D eigenvalue weighted by molar-refractivity contribution is 5.92. The lowest BCUT2D eigenvalue weighted by molar-refractivity contribution is -0.137. The first-order chi connectivity index (χ1) is 15.2. The molecular weight excluding hydrogens is 423 g/mol. The zero-order valence-electron chi connectivity index (χ0n) is 17.3. The summed E-state index contributed by atoms with van der Waals surface area (Å²) in [7, 11) is 0. The quantitative estimate of drug-likeness (QED) is 0.753. The molecule has 0 radical (unpaired) electrons. The monoisotopic (exact) mass is 445 g/mol. The first kappa shape index (κ1) is 22.9. The Kier molecular flexibility index (Phi) is 6.58. The number of carbonyl (C=O) groups excluding carboxylic acids is 2. The van der Waals surface area contributed by atoms with E-state index in [1.54, 1.807) is 12.1 Å². The van der Waals surface area contributed by atoms with Crippen LogP contribution >= 0.6 is 0 Å². The molecule has 1 fully saturated rings. The number of amides is 3. The minimum atomic E-state index is -4.72. The summed E-state index contributed by atoms with van der Waals surface area (Å²) in [4.78, 5) is 27.7. The van der Waals surface area contributed by atoms with Gasteiger partial charge >= 0.3 is 12.2 Å². The van der Waals surface area contributed by atoms with Crippen molar-refractivity contribution in [2.75, 3.05) is 29.9 Å². The van der Waals surface area contributed by atoms with Crippen molar-refractivity contribution < 1.29 is 22.8 Å². The topological polar surface area (TPSA) is 102 Å². The molecule has 2 aromatic carbocycles. The van der Waals surface area contributed by atoms with E-state index < -0.39 is 35.3 Å². The molecule has 3 rings (SSSR count). The van der Waals surface area contributed by atoms with Crippen LogP contribution < -0.4 is 16.0 Å². The largest absolute Gasteiger partial charge is 0.417 e. The number of hydrogen-bond acceptors (Lipinski definition) is 4. The Morgan fingerprint density at radius 3 is 2.56 bits per heavy atom. The van der Waals surface area contributed by atoms with Crippen molar-refractivity contribution in [3.8, 4) is 6.07 Å². The van der Waals surface area contributed by atoms with Gasteiger partial charge in [0.2, 0.25) is 5.91 Å². The van der Waals surface area contributed by atoms with E-state index in [4.69, 9.17) is 11.0 Å². The van der Waals surface area contributed by atoms with Crippen LogP contribution in [0.3, 0.4) is 0 Å². The summed E-state index contributed by atoms with van der Waals surface area (Å²) < 4.78 is 40.1. The highest BCUT2D eigenvalue weighted by atomic mass is 19.4. The summed E-state index contributed by atoms with van der Waals surface area (Å²) in [5.41, 5.74) is 5.63. The van der Waals surface area contributed by atoms with Crippen molar-refractivity contribution in [3.63, 3.8) is 0 Å². The van der Waals surface area contributed by atoms with Crippen LogP contribution in [-0.2, 0) is 17.4 Å². The van der Waals surface area contributed by atoms with E-state index in [1.807, 2.05) is 19.1 Å². The van der Waals surface area contributed by atoms with Gasteiger partial charge in [-0.25, -0.2) is 4.79 Å². The van der Waals surface area contributed by atoms with E-state index in [9.17, 15) is 22.8 Å².